The van der Waals surface area contributed by atoms with Crippen molar-refractivity contribution < 1.29 is 9.50 Å². The molecule has 0 aromatic rings. The van der Waals surface area contributed by atoms with Gasteiger partial charge in [-0.25, -0.2) is 4.39 Å². The van der Waals surface area contributed by atoms with E-state index in [4.69, 9.17) is 5.11 Å². The van der Waals surface area contributed by atoms with Gasteiger partial charge in [0.05, 0.1) is 6.10 Å². The first-order valence-electron chi connectivity index (χ1n) is 4.19. The predicted octanol–water partition coefficient (Wildman–Crippen LogP) is 0.705. The Morgan fingerprint density at radius 2 is 2.27 bits per heavy atom. The lowest BCUT2D eigenvalue weighted by Crippen LogP contribution is -2.43. The van der Waals surface area contributed by atoms with E-state index >= 15 is 0 Å². The van der Waals surface area contributed by atoms with Crippen molar-refractivity contribution >= 4 is 0 Å². The molecule has 11 heavy (non-hydrogen) atoms. The van der Waals surface area contributed by atoms with E-state index in [9.17, 15) is 4.39 Å². The highest BCUT2D eigenvalue weighted by Gasteiger charge is 2.24. The standard InChI is InChI=1S/C8H16FNO/c1-6-2-7(3-6)10-5-8(11)4-9/h6-8,10-11H,2-5H2,1H3. The predicted molar refractivity (Wildman–Crippen MR) is 42.2 cm³/mol. The van der Waals surface area contributed by atoms with Crippen LogP contribution in [0.1, 0.15) is 19.8 Å². The second-order valence-electron chi connectivity index (χ2n) is 3.49. The summed E-state index contributed by atoms with van der Waals surface area (Å²) in [5.41, 5.74) is 0. The monoisotopic (exact) mass is 161 g/mol. The summed E-state index contributed by atoms with van der Waals surface area (Å²) in [6.45, 7) is 1.95. The molecule has 0 heterocycles. The van der Waals surface area contributed by atoms with E-state index in [1.165, 1.54) is 12.8 Å². The summed E-state index contributed by atoms with van der Waals surface area (Å²) >= 11 is 0. The highest BCUT2D eigenvalue weighted by molar-refractivity contribution is 4.82. The second kappa shape index (κ2) is 4.02. The number of hydrogen-bond acceptors (Lipinski definition) is 2. The van der Waals surface area contributed by atoms with Crippen molar-refractivity contribution in [1.82, 2.24) is 5.32 Å². The fourth-order valence-electron chi connectivity index (χ4n) is 1.43. The molecule has 1 rings (SSSR count). The molecule has 0 aromatic carbocycles. The molecule has 1 aliphatic carbocycles. The van der Waals surface area contributed by atoms with Gasteiger partial charge >= 0.3 is 0 Å². The van der Waals surface area contributed by atoms with Gasteiger partial charge in [0.25, 0.3) is 0 Å². The molecule has 1 atom stereocenters. The molecule has 1 aliphatic rings. The highest BCUT2D eigenvalue weighted by Crippen LogP contribution is 2.25. The molecule has 0 bridgehead atoms. The molecule has 1 fully saturated rings. The van der Waals surface area contributed by atoms with E-state index in [-0.39, 0.29) is 0 Å². The molecule has 2 nitrogen and oxygen atoms in total. The smallest absolute Gasteiger partial charge is 0.117 e. The normalized spacial score (nSPS) is 33.0. The quantitative estimate of drug-likeness (QED) is 0.636. The highest BCUT2D eigenvalue weighted by atomic mass is 19.1. The first kappa shape index (κ1) is 8.94. The Kier molecular flexibility index (Phi) is 3.27. The van der Waals surface area contributed by atoms with Crippen molar-refractivity contribution in [2.45, 2.75) is 31.9 Å². The Balaban J connectivity index is 1.96. The molecule has 0 spiro atoms. The summed E-state index contributed by atoms with van der Waals surface area (Å²) in [5, 5.41) is 12.0. The van der Waals surface area contributed by atoms with E-state index in [0.717, 1.165) is 5.92 Å². The van der Waals surface area contributed by atoms with Crippen LogP contribution in [0.2, 0.25) is 0 Å². The number of rotatable bonds is 4. The van der Waals surface area contributed by atoms with Gasteiger partial charge in [-0.2, -0.15) is 0 Å². The molecule has 0 aliphatic heterocycles. The van der Waals surface area contributed by atoms with Crippen LogP contribution in [0.5, 0.6) is 0 Å². The van der Waals surface area contributed by atoms with Crippen molar-refractivity contribution in [3.63, 3.8) is 0 Å². The number of aliphatic hydroxyl groups is 1. The summed E-state index contributed by atoms with van der Waals surface area (Å²) < 4.78 is 11.7. The van der Waals surface area contributed by atoms with Crippen LogP contribution < -0.4 is 5.32 Å². The third-order valence-corrected chi connectivity index (χ3v) is 2.19. The van der Waals surface area contributed by atoms with Gasteiger partial charge in [-0.1, -0.05) is 6.92 Å². The molecule has 0 amide bonds. The molecule has 66 valence electrons. The van der Waals surface area contributed by atoms with Crippen LogP contribution in [0.3, 0.4) is 0 Å². The first-order valence-corrected chi connectivity index (χ1v) is 4.19. The minimum atomic E-state index is -0.814. The average Bonchev–Trinajstić information content (AvgIpc) is 1.95. The Hall–Kier alpha value is -0.150. The maximum absolute atomic E-state index is 11.7. The van der Waals surface area contributed by atoms with Crippen molar-refractivity contribution in [3.8, 4) is 0 Å². The summed E-state index contributed by atoms with van der Waals surface area (Å²) in [4.78, 5) is 0. The molecule has 0 aromatic heterocycles. The topological polar surface area (TPSA) is 32.3 Å². The minimum Gasteiger partial charge on any atom is -0.389 e. The molecule has 3 heteroatoms. The van der Waals surface area contributed by atoms with E-state index in [1.54, 1.807) is 0 Å². The Bertz CT molecular complexity index is 115. The zero-order chi connectivity index (χ0) is 8.27. The third-order valence-electron chi connectivity index (χ3n) is 2.19. The third kappa shape index (κ3) is 2.75. The summed E-state index contributed by atoms with van der Waals surface area (Å²) in [6.07, 6.45) is 1.52. The van der Waals surface area contributed by atoms with Crippen LogP contribution >= 0.6 is 0 Å². The summed E-state index contributed by atoms with van der Waals surface area (Å²) in [6, 6.07) is 0.520. The lowest BCUT2D eigenvalue weighted by Gasteiger charge is -2.33. The molecule has 0 saturated heterocycles. The van der Waals surface area contributed by atoms with Crippen molar-refractivity contribution in [2.75, 3.05) is 13.2 Å². The van der Waals surface area contributed by atoms with E-state index in [2.05, 4.69) is 12.2 Å². The van der Waals surface area contributed by atoms with Crippen molar-refractivity contribution in [2.24, 2.45) is 5.92 Å². The van der Waals surface area contributed by atoms with Crippen LogP contribution in [0.4, 0.5) is 4.39 Å². The number of hydrogen-bond donors (Lipinski definition) is 2. The minimum absolute atomic E-state index is 0.397. The van der Waals surface area contributed by atoms with Crippen LogP contribution in [0.15, 0.2) is 0 Å². The van der Waals surface area contributed by atoms with Gasteiger partial charge in [0.1, 0.15) is 6.67 Å². The lowest BCUT2D eigenvalue weighted by molar-refractivity contribution is 0.122. The lowest BCUT2D eigenvalue weighted by atomic mass is 9.82. The van der Waals surface area contributed by atoms with Gasteiger partial charge in [0, 0.05) is 12.6 Å². The van der Waals surface area contributed by atoms with Gasteiger partial charge < -0.3 is 10.4 Å². The average molecular weight is 161 g/mol. The van der Waals surface area contributed by atoms with Gasteiger partial charge in [-0.3, -0.25) is 0 Å². The van der Waals surface area contributed by atoms with E-state index in [0.29, 0.717) is 12.6 Å². The fraction of sp³-hybridized carbons (Fsp3) is 1.00. The summed E-state index contributed by atoms with van der Waals surface area (Å²) in [5.74, 6) is 0.801. The van der Waals surface area contributed by atoms with Crippen LogP contribution in [0, 0.1) is 5.92 Å². The number of nitrogens with one attached hydrogen (secondary N) is 1. The van der Waals surface area contributed by atoms with Gasteiger partial charge in [-0.05, 0) is 18.8 Å². The molecule has 1 unspecified atom stereocenters. The van der Waals surface area contributed by atoms with E-state index < -0.39 is 12.8 Å². The number of alkyl halides is 1. The van der Waals surface area contributed by atoms with Crippen molar-refractivity contribution in [3.05, 3.63) is 0 Å². The fourth-order valence-corrected chi connectivity index (χ4v) is 1.43. The Morgan fingerprint density at radius 1 is 1.64 bits per heavy atom. The number of aliphatic hydroxyl groups excluding tert-OH is 1. The molecule has 1 saturated carbocycles. The molecular weight excluding hydrogens is 145 g/mol. The van der Waals surface area contributed by atoms with E-state index in [1.807, 2.05) is 0 Å². The first-order chi connectivity index (χ1) is 5.22. The zero-order valence-corrected chi connectivity index (χ0v) is 6.89. The molecule has 2 N–H and O–H groups in total. The van der Waals surface area contributed by atoms with Crippen molar-refractivity contribution in [1.29, 1.82) is 0 Å². The molecule has 0 radical (unpaired) electrons. The number of halogens is 1. The maximum Gasteiger partial charge on any atom is 0.117 e. The van der Waals surface area contributed by atoms with Gasteiger partial charge in [0.2, 0.25) is 0 Å². The van der Waals surface area contributed by atoms with Gasteiger partial charge in [-0.15, -0.1) is 0 Å². The van der Waals surface area contributed by atoms with Crippen LogP contribution in [-0.4, -0.2) is 30.5 Å². The second-order valence-corrected chi connectivity index (χ2v) is 3.49. The van der Waals surface area contributed by atoms with Gasteiger partial charge in [0.15, 0.2) is 0 Å². The summed E-state index contributed by atoms with van der Waals surface area (Å²) in [7, 11) is 0. The SMILES string of the molecule is CC1CC(NCC(O)CF)C1. The Labute approximate surface area is 66.8 Å². The largest absolute Gasteiger partial charge is 0.389 e. The zero-order valence-electron chi connectivity index (χ0n) is 6.89. The maximum atomic E-state index is 11.7. The van der Waals surface area contributed by atoms with Crippen LogP contribution in [0.25, 0.3) is 0 Å². The molecular formula is C8H16FNO. The van der Waals surface area contributed by atoms with Crippen LogP contribution in [-0.2, 0) is 0 Å². The Morgan fingerprint density at radius 3 is 2.73 bits per heavy atom.